The van der Waals surface area contributed by atoms with Gasteiger partial charge < -0.3 is 14.1 Å². The van der Waals surface area contributed by atoms with Crippen LogP contribution < -0.4 is 4.31 Å². The normalized spacial score (nSPS) is 19.6. The third kappa shape index (κ3) is 4.56. The number of carboxylic acid groups (broad SMARTS) is 1. The Morgan fingerprint density at radius 2 is 2.06 bits per heavy atom. The summed E-state index contributed by atoms with van der Waals surface area (Å²) < 4.78 is 22.2. The predicted octanol–water partition coefficient (Wildman–Crippen LogP) is 6.48. The number of nitrogens with zero attached hydrogens (tertiary/aromatic N) is 2. The second-order valence-corrected chi connectivity index (χ2v) is 12.1. The third-order valence-corrected chi connectivity index (χ3v) is 8.47. The van der Waals surface area contributed by atoms with Gasteiger partial charge in [-0.25, -0.2) is 4.39 Å². The zero-order chi connectivity index (χ0) is 25.7. The Balaban J connectivity index is 2.10. The molecule has 4 rings (SSSR count). The van der Waals surface area contributed by atoms with E-state index in [1.807, 2.05) is 13.2 Å². The molecule has 1 unspecified atom stereocenters. The van der Waals surface area contributed by atoms with Gasteiger partial charge in [0.1, 0.15) is 5.82 Å². The molecule has 7 heteroatoms. The molecule has 0 spiro atoms. The van der Waals surface area contributed by atoms with E-state index < -0.39 is 16.6 Å². The van der Waals surface area contributed by atoms with Crippen LogP contribution in [0.5, 0.6) is 0 Å². The third-order valence-electron chi connectivity index (χ3n) is 7.36. The maximum absolute atomic E-state index is 14.4. The lowest BCUT2D eigenvalue weighted by molar-refractivity contribution is -0.136. The first kappa shape index (κ1) is 25.6. The Labute approximate surface area is 210 Å². The first-order valence-corrected chi connectivity index (χ1v) is 13.7. The van der Waals surface area contributed by atoms with Crippen molar-refractivity contribution in [3.8, 4) is 11.3 Å². The van der Waals surface area contributed by atoms with Crippen molar-refractivity contribution in [2.24, 2.45) is 5.41 Å². The van der Waals surface area contributed by atoms with Gasteiger partial charge in [0.2, 0.25) is 0 Å². The molecule has 1 aromatic heterocycles. The number of rotatable bonds is 6. The van der Waals surface area contributed by atoms with Crippen LogP contribution in [-0.2, 0) is 16.0 Å². The van der Waals surface area contributed by atoms with Gasteiger partial charge in [-0.1, -0.05) is 25.8 Å². The molecular weight excluding hydrogens is 463 g/mol. The van der Waals surface area contributed by atoms with Crippen molar-refractivity contribution in [1.82, 2.24) is 4.98 Å². The van der Waals surface area contributed by atoms with Gasteiger partial charge in [-0.05, 0) is 78.7 Å². The van der Waals surface area contributed by atoms with Crippen molar-refractivity contribution in [2.75, 3.05) is 24.3 Å². The number of allylic oxidation sites excluding steroid dienone is 2. The van der Waals surface area contributed by atoms with Crippen molar-refractivity contribution < 1.29 is 19.0 Å². The molecule has 0 saturated carbocycles. The van der Waals surface area contributed by atoms with Gasteiger partial charge in [0, 0.05) is 18.2 Å². The summed E-state index contributed by atoms with van der Waals surface area (Å²) in [6, 6.07) is 1.28. The van der Waals surface area contributed by atoms with Crippen LogP contribution in [0.4, 0.5) is 10.1 Å². The van der Waals surface area contributed by atoms with Crippen LogP contribution in [0.2, 0.25) is 0 Å². The Morgan fingerprint density at radius 3 is 2.63 bits per heavy atom. The SMILES string of the molecule is C=S(C)N1c2c(C)c(CC(=O)O)c(C3=CCC(C)(C)CC3)c(C)c2-c2ncc(F)cc2[C@@H]1COC. The van der Waals surface area contributed by atoms with E-state index in [1.54, 1.807) is 13.2 Å². The number of fused-ring (bicyclic) bond motifs is 3. The van der Waals surface area contributed by atoms with Gasteiger partial charge in [-0.2, -0.15) is 0 Å². The molecule has 5 nitrogen and oxygen atoms in total. The van der Waals surface area contributed by atoms with Crippen molar-refractivity contribution in [3.05, 3.63) is 52.0 Å². The zero-order valence-corrected chi connectivity index (χ0v) is 22.3. The molecule has 2 heterocycles. The molecule has 2 aliphatic rings. The summed E-state index contributed by atoms with van der Waals surface area (Å²) in [5.41, 5.74) is 8.62. The molecule has 0 amide bonds. The summed E-state index contributed by atoms with van der Waals surface area (Å²) in [5.74, 6) is 3.09. The van der Waals surface area contributed by atoms with Gasteiger partial charge in [-0.15, -0.1) is 10.7 Å². The van der Waals surface area contributed by atoms with Crippen LogP contribution in [0.1, 0.15) is 67.0 Å². The minimum Gasteiger partial charge on any atom is -0.481 e. The lowest BCUT2D eigenvalue weighted by atomic mass is 9.74. The minimum atomic E-state index is -0.855. The Kier molecular flexibility index (Phi) is 6.95. The van der Waals surface area contributed by atoms with Crippen LogP contribution in [0.15, 0.2) is 18.3 Å². The van der Waals surface area contributed by atoms with Crippen LogP contribution in [0.25, 0.3) is 16.8 Å². The largest absolute Gasteiger partial charge is 0.481 e. The number of ether oxygens (including phenoxy) is 1. The highest BCUT2D eigenvalue weighted by Gasteiger charge is 2.38. The van der Waals surface area contributed by atoms with Gasteiger partial charge in [0.05, 0.1) is 36.6 Å². The molecule has 188 valence electrons. The topological polar surface area (TPSA) is 62.7 Å². The molecule has 2 aromatic rings. The predicted molar refractivity (Wildman–Crippen MR) is 144 cm³/mol. The Hall–Kier alpha value is -2.51. The lowest BCUT2D eigenvalue weighted by Crippen LogP contribution is -2.33. The van der Waals surface area contributed by atoms with E-state index in [0.717, 1.165) is 64.0 Å². The summed E-state index contributed by atoms with van der Waals surface area (Å²) in [4.78, 5) is 16.6. The number of methoxy groups -OCH3 is 1. The van der Waals surface area contributed by atoms with E-state index in [0.29, 0.717) is 6.61 Å². The smallest absolute Gasteiger partial charge is 0.307 e. The number of hydrogen-bond acceptors (Lipinski definition) is 4. The first-order chi connectivity index (χ1) is 16.5. The molecule has 1 aliphatic carbocycles. The van der Waals surface area contributed by atoms with Gasteiger partial charge in [0.15, 0.2) is 0 Å². The minimum absolute atomic E-state index is 0.0584. The molecule has 0 bridgehead atoms. The summed E-state index contributed by atoms with van der Waals surface area (Å²) in [5, 5.41) is 9.87. The van der Waals surface area contributed by atoms with Crippen molar-refractivity contribution in [3.63, 3.8) is 0 Å². The number of hydrogen-bond donors (Lipinski definition) is 1. The molecular formula is C28H35FN2O3S. The van der Waals surface area contributed by atoms with E-state index in [-0.39, 0.29) is 23.7 Å². The lowest BCUT2D eigenvalue weighted by Gasteiger charge is -2.42. The fourth-order valence-corrected chi connectivity index (χ4v) is 6.76. The van der Waals surface area contributed by atoms with E-state index in [9.17, 15) is 14.3 Å². The molecule has 0 saturated heterocycles. The second kappa shape index (κ2) is 9.51. The average molecular weight is 499 g/mol. The van der Waals surface area contributed by atoms with Crippen LogP contribution in [0.3, 0.4) is 0 Å². The van der Waals surface area contributed by atoms with Gasteiger partial charge in [0.25, 0.3) is 0 Å². The van der Waals surface area contributed by atoms with E-state index in [1.165, 1.54) is 11.8 Å². The first-order valence-electron chi connectivity index (χ1n) is 11.9. The number of anilines is 1. The molecule has 0 fully saturated rings. The summed E-state index contributed by atoms with van der Waals surface area (Å²) in [7, 11) is 1.15. The number of carboxylic acids is 1. The van der Waals surface area contributed by atoms with Crippen molar-refractivity contribution >= 4 is 33.8 Å². The Bertz CT molecular complexity index is 1250. The highest BCUT2D eigenvalue weighted by Crippen LogP contribution is 2.54. The number of halogens is 1. The summed E-state index contributed by atoms with van der Waals surface area (Å²) >= 11 is 0. The quantitative estimate of drug-likeness (QED) is 0.462. The van der Waals surface area contributed by atoms with E-state index in [2.05, 4.69) is 42.0 Å². The van der Waals surface area contributed by atoms with Crippen LogP contribution in [0, 0.1) is 25.1 Å². The molecule has 2 atom stereocenters. The van der Waals surface area contributed by atoms with Gasteiger partial charge >= 0.3 is 5.97 Å². The highest BCUT2D eigenvalue weighted by atomic mass is 32.2. The van der Waals surface area contributed by atoms with Crippen LogP contribution >= 0.6 is 10.7 Å². The van der Waals surface area contributed by atoms with Gasteiger partial charge in [-0.3, -0.25) is 9.78 Å². The Morgan fingerprint density at radius 1 is 1.34 bits per heavy atom. The van der Waals surface area contributed by atoms with E-state index >= 15 is 0 Å². The monoisotopic (exact) mass is 498 g/mol. The van der Waals surface area contributed by atoms with Crippen LogP contribution in [-0.4, -0.2) is 41.9 Å². The average Bonchev–Trinajstić information content (AvgIpc) is 2.77. The molecule has 1 N–H and O–H groups in total. The second-order valence-electron chi connectivity index (χ2n) is 10.5. The maximum Gasteiger partial charge on any atom is 0.307 e. The molecule has 1 aliphatic heterocycles. The number of aromatic nitrogens is 1. The van der Waals surface area contributed by atoms with Crippen molar-refractivity contribution in [1.29, 1.82) is 0 Å². The molecule has 0 radical (unpaired) electrons. The number of benzene rings is 1. The maximum atomic E-state index is 14.4. The standard InChI is InChI=1S/C28H35FN2O3S/c1-16-20(13-23(32)33)24(18-8-10-28(3,4)11-9-18)17(2)25-26-21(12-19(29)14-30-26)22(15-34-5)31(27(16)25)35(6)7/h8,12,14,22H,6,9-11,13,15H2,1-5,7H3,(H,32,33)/t22-,35?/m0/s1. The van der Waals surface area contributed by atoms with Crippen molar-refractivity contribution in [2.45, 2.75) is 59.4 Å². The van der Waals surface area contributed by atoms with E-state index in [4.69, 9.17) is 4.74 Å². The number of carbonyl (C=O) groups is 1. The highest BCUT2D eigenvalue weighted by molar-refractivity contribution is 8.14. The molecule has 1 aromatic carbocycles. The summed E-state index contributed by atoms with van der Waals surface area (Å²) in [6.45, 7) is 8.94. The fourth-order valence-electron chi connectivity index (χ4n) is 5.61. The molecule has 35 heavy (non-hydrogen) atoms. The fraction of sp³-hybridized carbons (Fsp3) is 0.464. The zero-order valence-electron chi connectivity index (χ0n) is 21.5. The number of aliphatic carboxylic acids is 1. The summed E-state index contributed by atoms with van der Waals surface area (Å²) in [6.07, 6.45) is 8.39. The number of pyridine rings is 1.